The normalized spacial score (nSPS) is 10.6. The number of carbonyl (C=O) groups excluding carboxylic acids is 2. The molecular weight excluding hydrogens is 356 g/mol. The Morgan fingerprint density at radius 1 is 0.821 bits per heavy atom. The van der Waals surface area contributed by atoms with Gasteiger partial charge < -0.3 is 14.2 Å². The molecule has 0 spiro atoms. The number of benzene rings is 2. The summed E-state index contributed by atoms with van der Waals surface area (Å²) in [6.45, 7) is 11.4. The third-order valence-corrected chi connectivity index (χ3v) is 4.30. The van der Waals surface area contributed by atoms with E-state index in [-0.39, 0.29) is 18.6 Å². The van der Waals surface area contributed by atoms with Crippen molar-refractivity contribution in [2.24, 2.45) is 0 Å². The van der Waals surface area contributed by atoms with Gasteiger partial charge in [-0.05, 0) is 35.4 Å². The number of rotatable bonds is 9. The van der Waals surface area contributed by atoms with Gasteiger partial charge in [0.15, 0.2) is 0 Å². The lowest BCUT2D eigenvalue weighted by Crippen LogP contribution is -2.19. The smallest absolute Gasteiger partial charge is 0.335 e. The fourth-order valence-corrected chi connectivity index (χ4v) is 2.59. The first-order chi connectivity index (χ1) is 13.4. The third-order valence-electron chi connectivity index (χ3n) is 4.30. The third kappa shape index (κ3) is 5.58. The highest BCUT2D eigenvalue weighted by atomic mass is 16.6. The van der Waals surface area contributed by atoms with Crippen LogP contribution in [-0.4, -0.2) is 25.2 Å². The second kappa shape index (κ2) is 9.55. The van der Waals surface area contributed by atoms with Crippen LogP contribution in [0.5, 0.6) is 11.5 Å². The van der Waals surface area contributed by atoms with Crippen LogP contribution in [-0.2, 0) is 19.7 Å². The molecule has 0 N–H and O–H groups in total. The van der Waals surface area contributed by atoms with Gasteiger partial charge in [0, 0.05) is 17.6 Å². The molecule has 0 atom stereocenters. The van der Waals surface area contributed by atoms with E-state index in [9.17, 15) is 9.59 Å². The van der Waals surface area contributed by atoms with Crippen molar-refractivity contribution in [2.45, 2.75) is 19.3 Å². The minimum absolute atomic E-state index is 0.168. The molecule has 5 heteroatoms. The average Bonchev–Trinajstić information content (AvgIpc) is 2.71. The maximum absolute atomic E-state index is 11.3. The van der Waals surface area contributed by atoms with Gasteiger partial charge in [-0.1, -0.05) is 51.3 Å². The van der Waals surface area contributed by atoms with E-state index in [1.807, 2.05) is 36.4 Å². The first-order valence-electron chi connectivity index (χ1n) is 8.84. The Morgan fingerprint density at radius 3 is 1.82 bits per heavy atom. The van der Waals surface area contributed by atoms with E-state index < -0.39 is 11.9 Å². The predicted octanol–water partition coefficient (Wildman–Crippen LogP) is 4.21. The van der Waals surface area contributed by atoms with Crippen LogP contribution in [0.3, 0.4) is 0 Å². The summed E-state index contributed by atoms with van der Waals surface area (Å²) in [5.74, 6) is 0.221. The van der Waals surface area contributed by atoms with E-state index in [2.05, 4.69) is 27.0 Å². The van der Waals surface area contributed by atoms with Gasteiger partial charge in [0.05, 0.1) is 0 Å². The van der Waals surface area contributed by atoms with Crippen LogP contribution in [0.25, 0.3) is 0 Å². The topological polar surface area (TPSA) is 61.8 Å². The molecule has 2 aromatic carbocycles. The van der Waals surface area contributed by atoms with E-state index >= 15 is 0 Å². The number of hydrogen-bond acceptors (Lipinski definition) is 5. The molecule has 0 fully saturated rings. The van der Waals surface area contributed by atoms with Gasteiger partial charge in [0.2, 0.25) is 0 Å². The molecule has 5 nitrogen and oxygen atoms in total. The maximum Gasteiger partial charge on any atom is 0.335 e. The van der Waals surface area contributed by atoms with Gasteiger partial charge in [-0.2, -0.15) is 0 Å². The zero-order chi connectivity index (χ0) is 20.6. The van der Waals surface area contributed by atoms with E-state index in [4.69, 9.17) is 14.2 Å². The van der Waals surface area contributed by atoms with Crippen molar-refractivity contribution in [3.63, 3.8) is 0 Å². The van der Waals surface area contributed by atoms with Crippen LogP contribution in [0, 0.1) is 0 Å². The lowest BCUT2D eigenvalue weighted by atomic mass is 9.78. The summed E-state index contributed by atoms with van der Waals surface area (Å²) in [5.41, 5.74) is 1.93. The fraction of sp³-hybridized carbons (Fsp3) is 0.217. The standard InChI is InChI=1S/C23H24O5/c1-5-21(24)27-16-15-26-19-11-7-17(8-12-19)23(3,4)18-9-13-20(14-10-18)28-22(25)6-2/h5-14H,1-2,15-16H2,3-4H3. The Labute approximate surface area is 165 Å². The van der Waals surface area contributed by atoms with Crippen molar-refractivity contribution < 1.29 is 23.8 Å². The van der Waals surface area contributed by atoms with Gasteiger partial charge in [-0.15, -0.1) is 0 Å². The molecule has 0 unspecified atom stereocenters. The molecule has 0 aromatic heterocycles. The summed E-state index contributed by atoms with van der Waals surface area (Å²) in [6.07, 6.45) is 2.25. The zero-order valence-corrected chi connectivity index (χ0v) is 16.1. The summed E-state index contributed by atoms with van der Waals surface area (Å²) in [7, 11) is 0. The molecule has 28 heavy (non-hydrogen) atoms. The highest BCUT2D eigenvalue weighted by Crippen LogP contribution is 2.33. The summed E-state index contributed by atoms with van der Waals surface area (Å²) in [6, 6.07) is 15.2. The van der Waals surface area contributed by atoms with Gasteiger partial charge >= 0.3 is 11.9 Å². The van der Waals surface area contributed by atoms with Crippen molar-refractivity contribution in [1.82, 2.24) is 0 Å². The number of esters is 2. The molecule has 0 saturated carbocycles. The van der Waals surface area contributed by atoms with Gasteiger partial charge in [0.25, 0.3) is 0 Å². The first kappa shape index (κ1) is 21.0. The van der Waals surface area contributed by atoms with Crippen LogP contribution in [0.1, 0.15) is 25.0 Å². The minimum atomic E-state index is -0.484. The monoisotopic (exact) mass is 380 g/mol. The van der Waals surface area contributed by atoms with E-state index in [0.717, 1.165) is 23.3 Å². The SMILES string of the molecule is C=CC(=O)OCCOc1ccc(C(C)(C)c2ccc(OC(=O)C=C)cc2)cc1. The Morgan fingerprint density at radius 2 is 1.32 bits per heavy atom. The van der Waals surface area contributed by atoms with Crippen molar-refractivity contribution in [2.75, 3.05) is 13.2 Å². The fourth-order valence-electron chi connectivity index (χ4n) is 2.59. The van der Waals surface area contributed by atoms with Crippen LogP contribution >= 0.6 is 0 Å². The van der Waals surface area contributed by atoms with Gasteiger partial charge in [-0.25, -0.2) is 9.59 Å². The van der Waals surface area contributed by atoms with Crippen LogP contribution in [0.2, 0.25) is 0 Å². The molecule has 146 valence electrons. The van der Waals surface area contributed by atoms with Gasteiger partial charge in [-0.3, -0.25) is 0 Å². The Hall–Kier alpha value is -3.34. The lowest BCUT2D eigenvalue weighted by Gasteiger charge is -2.26. The molecular formula is C23H24O5. The lowest BCUT2D eigenvalue weighted by molar-refractivity contribution is -0.138. The summed E-state index contributed by atoms with van der Waals surface area (Å²) < 4.78 is 15.6. The van der Waals surface area contributed by atoms with E-state index in [0.29, 0.717) is 11.5 Å². The molecule has 0 bridgehead atoms. The van der Waals surface area contributed by atoms with Crippen molar-refractivity contribution in [3.05, 3.63) is 85.0 Å². The van der Waals surface area contributed by atoms with Gasteiger partial charge in [0.1, 0.15) is 24.7 Å². The summed E-state index contributed by atoms with van der Waals surface area (Å²) >= 11 is 0. The van der Waals surface area contributed by atoms with Crippen molar-refractivity contribution >= 4 is 11.9 Å². The molecule has 0 radical (unpaired) electrons. The predicted molar refractivity (Wildman–Crippen MR) is 107 cm³/mol. The van der Waals surface area contributed by atoms with Crippen LogP contribution in [0.4, 0.5) is 0 Å². The quantitative estimate of drug-likeness (QED) is 0.282. The first-order valence-corrected chi connectivity index (χ1v) is 8.84. The Bertz CT molecular complexity index is 832. The highest BCUT2D eigenvalue weighted by molar-refractivity contribution is 5.83. The summed E-state index contributed by atoms with van der Waals surface area (Å²) in [4.78, 5) is 22.3. The Balaban J connectivity index is 2.00. The second-order valence-electron chi connectivity index (χ2n) is 6.52. The molecule has 2 rings (SSSR count). The highest BCUT2D eigenvalue weighted by Gasteiger charge is 2.23. The number of ether oxygens (including phenoxy) is 3. The molecule has 0 aliphatic heterocycles. The van der Waals surface area contributed by atoms with Crippen molar-refractivity contribution in [3.8, 4) is 11.5 Å². The minimum Gasteiger partial charge on any atom is -0.490 e. The molecule has 0 aliphatic rings. The molecule has 0 amide bonds. The van der Waals surface area contributed by atoms with Crippen LogP contribution < -0.4 is 9.47 Å². The maximum atomic E-state index is 11.3. The molecule has 0 saturated heterocycles. The summed E-state index contributed by atoms with van der Waals surface area (Å²) in [5, 5.41) is 0. The molecule has 2 aromatic rings. The number of hydrogen-bond donors (Lipinski definition) is 0. The largest absolute Gasteiger partial charge is 0.490 e. The van der Waals surface area contributed by atoms with Crippen LogP contribution in [0.15, 0.2) is 73.8 Å². The van der Waals surface area contributed by atoms with E-state index in [1.54, 1.807) is 12.1 Å². The number of carbonyl (C=O) groups is 2. The van der Waals surface area contributed by atoms with E-state index in [1.165, 1.54) is 0 Å². The Kier molecular flexibility index (Phi) is 7.15. The van der Waals surface area contributed by atoms with Crippen molar-refractivity contribution in [1.29, 1.82) is 0 Å². The second-order valence-corrected chi connectivity index (χ2v) is 6.52. The zero-order valence-electron chi connectivity index (χ0n) is 16.1. The molecule has 0 aliphatic carbocycles. The average molecular weight is 380 g/mol. The molecule has 0 heterocycles.